The number of aromatic nitrogens is 4. The Hall–Kier alpha value is -5.14. The second-order valence-electron chi connectivity index (χ2n) is 8.99. The number of carbonyl (C=O) groups is 2. The topological polar surface area (TPSA) is 97.5 Å². The SMILES string of the molecule is O=C1c2ccc3c(=O)n4c5nc(C(F)(F)F)c(C(F)(F)F)nc5nc4c4ccc(c2c34)C(=O)N1c1ccccc1. The zero-order valence-corrected chi connectivity index (χ0v) is 19.4. The minimum absolute atomic E-state index is 0.0754. The minimum atomic E-state index is -5.53. The number of halogens is 6. The van der Waals surface area contributed by atoms with Crippen molar-refractivity contribution in [2.45, 2.75) is 12.4 Å². The molecule has 40 heavy (non-hydrogen) atoms. The third-order valence-corrected chi connectivity index (χ3v) is 6.75. The first kappa shape index (κ1) is 23.9. The van der Waals surface area contributed by atoms with Crippen molar-refractivity contribution < 1.29 is 35.9 Å². The normalized spacial score (nSPS) is 14.4. The molecule has 0 atom stereocenters. The molecule has 198 valence electrons. The third-order valence-electron chi connectivity index (χ3n) is 6.75. The number of amides is 2. The van der Waals surface area contributed by atoms with Gasteiger partial charge in [-0.25, -0.2) is 24.3 Å². The van der Waals surface area contributed by atoms with Crippen LogP contribution in [0.2, 0.25) is 0 Å². The van der Waals surface area contributed by atoms with Gasteiger partial charge >= 0.3 is 12.4 Å². The molecule has 7 rings (SSSR count). The number of hydrogen-bond acceptors (Lipinski definition) is 6. The first-order valence-corrected chi connectivity index (χ1v) is 11.4. The summed E-state index contributed by atoms with van der Waals surface area (Å²) in [5.41, 5.74) is -7.07. The molecular weight excluding hydrogens is 544 g/mol. The maximum absolute atomic E-state index is 13.6. The Bertz CT molecular complexity index is 2130. The zero-order valence-electron chi connectivity index (χ0n) is 19.4. The molecular formula is C26H9F6N5O3. The van der Waals surface area contributed by atoms with E-state index in [9.17, 15) is 40.7 Å². The highest BCUT2D eigenvalue weighted by Crippen LogP contribution is 2.41. The number of rotatable bonds is 1. The van der Waals surface area contributed by atoms with Crippen LogP contribution in [0.4, 0.5) is 32.0 Å². The van der Waals surface area contributed by atoms with Gasteiger partial charge in [0.15, 0.2) is 28.3 Å². The number of pyridine rings is 1. The summed E-state index contributed by atoms with van der Waals surface area (Å²) in [4.78, 5) is 51.6. The van der Waals surface area contributed by atoms with E-state index in [4.69, 9.17) is 0 Å². The number of anilines is 1. The average molecular weight is 553 g/mol. The van der Waals surface area contributed by atoms with Crippen LogP contribution in [-0.2, 0) is 12.4 Å². The number of imide groups is 1. The Morgan fingerprint density at radius 1 is 0.600 bits per heavy atom. The van der Waals surface area contributed by atoms with E-state index in [1.54, 1.807) is 30.3 Å². The molecule has 0 unspecified atom stereocenters. The van der Waals surface area contributed by atoms with Gasteiger partial charge in [-0.2, -0.15) is 26.3 Å². The molecule has 0 bridgehead atoms. The molecule has 8 nitrogen and oxygen atoms in total. The van der Waals surface area contributed by atoms with E-state index in [1.807, 2.05) is 0 Å². The highest BCUT2D eigenvalue weighted by molar-refractivity contribution is 6.38. The molecule has 0 saturated carbocycles. The molecule has 0 radical (unpaired) electrons. The lowest BCUT2D eigenvalue weighted by Gasteiger charge is -2.27. The third kappa shape index (κ3) is 3.03. The van der Waals surface area contributed by atoms with Gasteiger partial charge in [0.05, 0.1) is 5.69 Å². The standard InChI is InChI=1S/C26H9F6N5O3/c27-25(28,29)17-18(26(30,31)32)34-21-19(33-17)35-20-11-6-7-13-16-14(9-8-12(15(11)16)24(40)37(20)21)23(39)36(22(13)38)10-4-2-1-3-5-10/h1-9H. The Morgan fingerprint density at radius 3 is 1.77 bits per heavy atom. The summed E-state index contributed by atoms with van der Waals surface area (Å²) >= 11 is 0. The van der Waals surface area contributed by atoms with Crippen molar-refractivity contribution in [1.29, 1.82) is 0 Å². The van der Waals surface area contributed by atoms with Gasteiger partial charge in [0, 0.05) is 32.7 Å². The predicted molar refractivity (Wildman–Crippen MR) is 128 cm³/mol. The lowest BCUT2D eigenvalue weighted by atomic mass is 9.90. The van der Waals surface area contributed by atoms with Crippen LogP contribution in [0.25, 0.3) is 38.5 Å². The van der Waals surface area contributed by atoms with E-state index >= 15 is 0 Å². The molecule has 3 aromatic carbocycles. The van der Waals surface area contributed by atoms with Gasteiger partial charge < -0.3 is 0 Å². The summed E-state index contributed by atoms with van der Waals surface area (Å²) in [6, 6.07) is 13.4. The molecule has 2 amide bonds. The van der Waals surface area contributed by atoms with Crippen LogP contribution in [0.15, 0.2) is 59.4 Å². The van der Waals surface area contributed by atoms with E-state index in [0.717, 1.165) is 4.90 Å². The second kappa shape index (κ2) is 7.49. The fourth-order valence-corrected chi connectivity index (χ4v) is 5.14. The molecule has 0 fully saturated rings. The number of fused-ring (bicyclic) bond motifs is 4. The van der Waals surface area contributed by atoms with Crippen LogP contribution in [0.3, 0.4) is 0 Å². The van der Waals surface area contributed by atoms with Gasteiger partial charge in [0.2, 0.25) is 0 Å². The van der Waals surface area contributed by atoms with Gasteiger partial charge in [0.1, 0.15) is 0 Å². The quantitative estimate of drug-likeness (QED) is 0.205. The first-order chi connectivity index (χ1) is 18.9. The fraction of sp³-hybridized carbons (Fsp3) is 0.0769. The number of imidazole rings is 1. The Kier molecular flexibility index (Phi) is 4.48. The zero-order chi connectivity index (χ0) is 28.3. The fourth-order valence-electron chi connectivity index (χ4n) is 5.14. The average Bonchev–Trinajstić information content (AvgIpc) is 3.29. The summed E-state index contributed by atoms with van der Waals surface area (Å²) in [5, 5.41) is 0.235. The van der Waals surface area contributed by atoms with Crippen molar-refractivity contribution in [3.05, 3.63) is 87.5 Å². The predicted octanol–water partition coefficient (Wildman–Crippen LogP) is 5.22. The summed E-state index contributed by atoms with van der Waals surface area (Å²) in [6.45, 7) is 0. The van der Waals surface area contributed by atoms with Gasteiger partial charge in [-0.05, 0) is 36.4 Å². The lowest BCUT2D eigenvalue weighted by molar-refractivity contribution is -0.167. The molecule has 0 N–H and O–H groups in total. The summed E-state index contributed by atoms with van der Waals surface area (Å²) in [6.07, 6.45) is -11.0. The van der Waals surface area contributed by atoms with E-state index in [0.29, 0.717) is 10.1 Å². The van der Waals surface area contributed by atoms with E-state index in [1.165, 1.54) is 24.3 Å². The molecule has 1 aliphatic heterocycles. The smallest absolute Gasteiger partial charge is 0.268 e. The number of hydrogen-bond donors (Lipinski definition) is 0. The van der Waals surface area contributed by atoms with Crippen molar-refractivity contribution in [2.75, 3.05) is 4.90 Å². The minimum Gasteiger partial charge on any atom is -0.268 e. The van der Waals surface area contributed by atoms with Crippen molar-refractivity contribution in [3.8, 4) is 0 Å². The molecule has 14 heteroatoms. The Morgan fingerprint density at radius 2 is 1.18 bits per heavy atom. The summed E-state index contributed by atoms with van der Waals surface area (Å²) < 4.78 is 81.6. The van der Waals surface area contributed by atoms with E-state index in [2.05, 4.69) is 15.0 Å². The molecule has 1 aliphatic rings. The number of benzene rings is 3. The Balaban J connectivity index is 1.59. The molecule has 4 heterocycles. The van der Waals surface area contributed by atoms with Gasteiger partial charge in [-0.15, -0.1) is 0 Å². The van der Waals surface area contributed by atoms with Crippen LogP contribution in [0.5, 0.6) is 0 Å². The van der Waals surface area contributed by atoms with Crippen molar-refractivity contribution in [2.24, 2.45) is 0 Å². The Labute approximate surface area is 216 Å². The second-order valence-corrected chi connectivity index (χ2v) is 8.99. The van der Waals surface area contributed by atoms with Crippen LogP contribution >= 0.6 is 0 Å². The van der Waals surface area contributed by atoms with E-state index in [-0.39, 0.29) is 38.3 Å². The van der Waals surface area contributed by atoms with Crippen LogP contribution in [0.1, 0.15) is 32.1 Å². The number of para-hydroxylation sites is 1. The molecule has 3 aromatic heterocycles. The van der Waals surface area contributed by atoms with Gasteiger partial charge in [0.25, 0.3) is 17.4 Å². The largest absolute Gasteiger partial charge is 0.435 e. The van der Waals surface area contributed by atoms with Crippen LogP contribution in [-0.4, -0.2) is 31.2 Å². The first-order valence-electron chi connectivity index (χ1n) is 11.4. The highest BCUT2D eigenvalue weighted by atomic mass is 19.4. The highest BCUT2D eigenvalue weighted by Gasteiger charge is 2.47. The summed E-state index contributed by atoms with van der Waals surface area (Å²) in [5.74, 6) is -1.35. The number of carbonyl (C=O) groups excluding carboxylic acids is 2. The molecule has 0 aliphatic carbocycles. The number of nitrogens with zero attached hydrogens (tertiary/aromatic N) is 5. The van der Waals surface area contributed by atoms with Crippen LogP contribution < -0.4 is 10.5 Å². The molecule has 0 saturated heterocycles. The maximum atomic E-state index is 13.6. The number of alkyl halides is 6. The van der Waals surface area contributed by atoms with Crippen LogP contribution in [0, 0.1) is 0 Å². The maximum Gasteiger partial charge on any atom is 0.435 e. The van der Waals surface area contributed by atoms with Gasteiger partial charge in [-0.1, -0.05) is 18.2 Å². The van der Waals surface area contributed by atoms with Crippen molar-refractivity contribution in [1.82, 2.24) is 19.4 Å². The monoisotopic (exact) mass is 553 g/mol. The summed E-state index contributed by atoms with van der Waals surface area (Å²) in [7, 11) is 0. The molecule has 0 spiro atoms. The van der Waals surface area contributed by atoms with Crippen molar-refractivity contribution in [3.63, 3.8) is 0 Å². The van der Waals surface area contributed by atoms with E-state index < -0.39 is 52.4 Å². The van der Waals surface area contributed by atoms with Gasteiger partial charge in [-0.3, -0.25) is 14.4 Å². The molecule has 6 aromatic rings. The van der Waals surface area contributed by atoms with Crippen molar-refractivity contribution >= 4 is 56.0 Å². The lowest BCUT2D eigenvalue weighted by Crippen LogP contribution is -2.40.